The highest BCUT2D eigenvalue weighted by atomic mass is 32.2. The van der Waals surface area contributed by atoms with Crippen LogP contribution in [-0.4, -0.2) is 48.4 Å². The van der Waals surface area contributed by atoms with Gasteiger partial charge in [0.1, 0.15) is 0 Å². The molecule has 122 valence electrons. The number of hydrogen-bond donors (Lipinski definition) is 1. The number of hydrogen-bond acceptors (Lipinski definition) is 4. The lowest BCUT2D eigenvalue weighted by Gasteiger charge is -2.28. The van der Waals surface area contributed by atoms with Crippen molar-refractivity contribution in [2.45, 2.75) is 39.2 Å². The molecule has 0 aromatic carbocycles. The van der Waals surface area contributed by atoms with Crippen LogP contribution in [0.25, 0.3) is 0 Å². The third-order valence-corrected chi connectivity index (χ3v) is 5.56. The third-order valence-electron chi connectivity index (χ3n) is 3.81. The van der Waals surface area contributed by atoms with E-state index in [1.807, 2.05) is 13.8 Å². The molecular formula is C15H23N3O3S. The molecule has 0 radical (unpaired) electrons. The normalized spacial score (nSPS) is 19.8. The summed E-state index contributed by atoms with van der Waals surface area (Å²) in [7, 11) is -3.01. The Labute approximate surface area is 131 Å². The van der Waals surface area contributed by atoms with Crippen LogP contribution in [0.15, 0.2) is 18.3 Å². The molecule has 0 saturated carbocycles. The van der Waals surface area contributed by atoms with Gasteiger partial charge in [-0.15, -0.1) is 0 Å². The second-order valence-electron chi connectivity index (χ2n) is 5.72. The van der Waals surface area contributed by atoms with Gasteiger partial charge in [0.25, 0.3) is 0 Å². The molecule has 1 aromatic heterocycles. The first-order chi connectivity index (χ1) is 10.4. The van der Waals surface area contributed by atoms with Crippen molar-refractivity contribution in [2.24, 2.45) is 0 Å². The largest absolute Gasteiger partial charge is 0.322 e. The Morgan fingerprint density at radius 2 is 2.27 bits per heavy atom. The molecule has 0 bridgehead atoms. The van der Waals surface area contributed by atoms with Crippen molar-refractivity contribution < 1.29 is 13.2 Å². The van der Waals surface area contributed by atoms with E-state index in [1.54, 1.807) is 23.2 Å². The minimum Gasteiger partial charge on any atom is -0.320 e. The average Bonchev–Trinajstić information content (AvgIpc) is 2.79. The van der Waals surface area contributed by atoms with Crippen LogP contribution in [0.4, 0.5) is 10.5 Å². The highest BCUT2D eigenvalue weighted by molar-refractivity contribution is 7.91. The van der Waals surface area contributed by atoms with Crippen LogP contribution in [0.2, 0.25) is 0 Å². The van der Waals surface area contributed by atoms with E-state index in [0.29, 0.717) is 18.7 Å². The number of aromatic nitrogens is 1. The van der Waals surface area contributed by atoms with E-state index >= 15 is 0 Å². The average molecular weight is 325 g/mol. The number of aryl methyl sites for hydroxylation is 1. The summed E-state index contributed by atoms with van der Waals surface area (Å²) >= 11 is 0. The zero-order chi connectivity index (χ0) is 16.2. The zero-order valence-electron chi connectivity index (χ0n) is 13.1. The number of anilines is 1. The molecule has 1 saturated heterocycles. The molecule has 1 aliphatic rings. The Hall–Kier alpha value is -1.63. The van der Waals surface area contributed by atoms with Crippen LogP contribution in [0.5, 0.6) is 0 Å². The number of nitrogens with one attached hydrogen (secondary N) is 1. The van der Waals surface area contributed by atoms with Crippen LogP contribution < -0.4 is 5.32 Å². The molecule has 1 aromatic rings. The molecule has 2 rings (SSSR count). The second kappa shape index (κ2) is 7.09. The van der Waals surface area contributed by atoms with Crippen molar-refractivity contribution in [1.82, 2.24) is 9.88 Å². The molecule has 0 unspecified atom stereocenters. The minimum absolute atomic E-state index is 0.0690. The second-order valence-corrected chi connectivity index (χ2v) is 7.95. The van der Waals surface area contributed by atoms with Crippen LogP contribution >= 0.6 is 0 Å². The van der Waals surface area contributed by atoms with Gasteiger partial charge in [-0.25, -0.2) is 13.2 Å². The number of amides is 2. The molecule has 6 nitrogen and oxygen atoms in total. The van der Waals surface area contributed by atoms with Crippen molar-refractivity contribution in [3.05, 3.63) is 24.0 Å². The number of pyridine rings is 1. The molecule has 7 heteroatoms. The predicted octanol–water partition coefficient (Wildman–Crippen LogP) is 2.21. The Kier molecular flexibility index (Phi) is 5.39. The zero-order valence-corrected chi connectivity index (χ0v) is 13.9. The SMILES string of the molecule is CCCCN(C(=O)Nc1ccnc(C)c1)[C@@H]1CCS(=O)(=O)C1. The molecule has 1 atom stereocenters. The Morgan fingerprint density at radius 3 is 2.86 bits per heavy atom. The smallest absolute Gasteiger partial charge is 0.320 e. The van der Waals surface area contributed by atoms with E-state index in [9.17, 15) is 13.2 Å². The fourth-order valence-corrected chi connectivity index (χ4v) is 4.35. The molecule has 22 heavy (non-hydrogen) atoms. The Morgan fingerprint density at radius 1 is 1.50 bits per heavy atom. The van der Waals surface area contributed by atoms with Crippen LogP contribution in [0.3, 0.4) is 0 Å². The van der Waals surface area contributed by atoms with Gasteiger partial charge in [-0.2, -0.15) is 0 Å². The molecule has 1 fully saturated rings. The van der Waals surface area contributed by atoms with Crippen molar-refractivity contribution >= 4 is 21.6 Å². The van der Waals surface area contributed by atoms with E-state index in [-0.39, 0.29) is 23.6 Å². The maximum absolute atomic E-state index is 12.5. The predicted molar refractivity (Wildman–Crippen MR) is 86.7 cm³/mol. The molecule has 0 aliphatic carbocycles. The van der Waals surface area contributed by atoms with Gasteiger partial charge in [0, 0.05) is 30.2 Å². The summed E-state index contributed by atoms with van der Waals surface area (Å²) in [6.07, 6.45) is 3.98. The summed E-state index contributed by atoms with van der Waals surface area (Å²) in [5.74, 6) is 0.238. The van der Waals surface area contributed by atoms with Crippen molar-refractivity contribution in [1.29, 1.82) is 0 Å². The van der Waals surface area contributed by atoms with Crippen LogP contribution in [-0.2, 0) is 9.84 Å². The fraction of sp³-hybridized carbons (Fsp3) is 0.600. The lowest BCUT2D eigenvalue weighted by molar-refractivity contribution is 0.192. The van der Waals surface area contributed by atoms with Gasteiger partial charge < -0.3 is 10.2 Å². The van der Waals surface area contributed by atoms with Gasteiger partial charge >= 0.3 is 6.03 Å². The summed E-state index contributed by atoms with van der Waals surface area (Å²) in [5.41, 5.74) is 1.50. The monoisotopic (exact) mass is 325 g/mol. The molecule has 1 aliphatic heterocycles. The minimum atomic E-state index is -3.01. The lowest BCUT2D eigenvalue weighted by atomic mass is 10.2. The quantitative estimate of drug-likeness (QED) is 0.900. The van der Waals surface area contributed by atoms with Crippen molar-refractivity contribution in [3.63, 3.8) is 0 Å². The Bertz CT molecular complexity index is 631. The highest BCUT2D eigenvalue weighted by Gasteiger charge is 2.34. The molecule has 2 heterocycles. The first kappa shape index (κ1) is 16.7. The van der Waals surface area contributed by atoms with Crippen molar-refractivity contribution in [2.75, 3.05) is 23.4 Å². The molecule has 2 amide bonds. The summed E-state index contributed by atoms with van der Waals surface area (Å²) in [4.78, 5) is 18.3. The van der Waals surface area contributed by atoms with Gasteiger partial charge in [-0.1, -0.05) is 13.3 Å². The van der Waals surface area contributed by atoms with E-state index in [4.69, 9.17) is 0 Å². The molecule has 1 N–H and O–H groups in total. The summed E-state index contributed by atoms with van der Waals surface area (Å²) in [6.45, 7) is 4.48. The first-order valence-corrected chi connectivity index (χ1v) is 9.44. The number of rotatable bonds is 5. The maximum Gasteiger partial charge on any atom is 0.322 e. The number of nitrogens with zero attached hydrogens (tertiary/aromatic N) is 2. The summed E-state index contributed by atoms with van der Waals surface area (Å²) in [5, 5.41) is 2.85. The number of urea groups is 1. The fourth-order valence-electron chi connectivity index (χ4n) is 2.62. The van der Waals surface area contributed by atoms with Gasteiger partial charge in [0.05, 0.1) is 11.5 Å². The van der Waals surface area contributed by atoms with Gasteiger partial charge in [0.2, 0.25) is 0 Å². The Balaban J connectivity index is 2.09. The third kappa shape index (κ3) is 4.43. The number of carbonyl (C=O) groups is 1. The van der Waals surface area contributed by atoms with Gasteiger partial charge in [-0.3, -0.25) is 4.98 Å². The van der Waals surface area contributed by atoms with Gasteiger partial charge in [0.15, 0.2) is 9.84 Å². The number of carbonyl (C=O) groups excluding carboxylic acids is 1. The van der Waals surface area contributed by atoms with Crippen molar-refractivity contribution in [3.8, 4) is 0 Å². The topological polar surface area (TPSA) is 79.4 Å². The van der Waals surface area contributed by atoms with E-state index in [2.05, 4.69) is 10.3 Å². The van der Waals surface area contributed by atoms with E-state index < -0.39 is 9.84 Å². The summed E-state index contributed by atoms with van der Waals surface area (Å²) < 4.78 is 23.4. The highest BCUT2D eigenvalue weighted by Crippen LogP contribution is 2.20. The van der Waals surface area contributed by atoms with E-state index in [1.165, 1.54) is 0 Å². The molecule has 0 spiro atoms. The standard InChI is InChI=1S/C15H23N3O3S/c1-3-4-8-18(14-6-9-22(20,21)11-14)15(19)17-13-5-7-16-12(2)10-13/h5,7,10,14H,3-4,6,8-9,11H2,1-2H3,(H,16,17,19)/t14-/m1/s1. The number of unbranched alkanes of at least 4 members (excludes halogenated alkanes) is 1. The maximum atomic E-state index is 12.5. The molecular weight excluding hydrogens is 302 g/mol. The summed E-state index contributed by atoms with van der Waals surface area (Å²) in [6, 6.07) is 3.07. The van der Waals surface area contributed by atoms with E-state index in [0.717, 1.165) is 18.5 Å². The first-order valence-electron chi connectivity index (χ1n) is 7.62. The van der Waals surface area contributed by atoms with Crippen LogP contribution in [0.1, 0.15) is 31.9 Å². The lowest BCUT2D eigenvalue weighted by Crippen LogP contribution is -2.44. The number of sulfone groups is 1. The van der Waals surface area contributed by atoms with Crippen LogP contribution in [0, 0.1) is 6.92 Å². The van der Waals surface area contributed by atoms with Gasteiger partial charge in [-0.05, 0) is 31.9 Å².